The van der Waals surface area contributed by atoms with Gasteiger partial charge < -0.3 is 9.84 Å². The Hall–Kier alpha value is -1.38. The van der Waals surface area contributed by atoms with Crippen molar-refractivity contribution in [2.45, 2.75) is 96.5 Å². The van der Waals surface area contributed by atoms with Crippen molar-refractivity contribution >= 4 is 0 Å². The van der Waals surface area contributed by atoms with Crippen molar-refractivity contribution in [3.63, 3.8) is 0 Å². The third-order valence-corrected chi connectivity index (χ3v) is 4.87. The molecule has 2 nitrogen and oxygen atoms in total. The topological polar surface area (TPSA) is 29.5 Å². The largest absolute Gasteiger partial charge is 0.396 e. The van der Waals surface area contributed by atoms with Gasteiger partial charge in [0.1, 0.15) is 0 Å². The minimum Gasteiger partial charge on any atom is -0.396 e. The summed E-state index contributed by atoms with van der Waals surface area (Å²) in [6, 6.07) is 10.4. The average molecular weight is 403 g/mol. The summed E-state index contributed by atoms with van der Waals surface area (Å²) in [4.78, 5) is 0. The Morgan fingerprint density at radius 2 is 1.14 bits per heavy atom. The molecule has 0 saturated carbocycles. The van der Waals surface area contributed by atoms with Crippen LogP contribution in [0.4, 0.5) is 0 Å². The number of aliphatic hydroxyl groups is 1. The highest BCUT2D eigenvalue weighted by Crippen LogP contribution is 2.08. The maximum absolute atomic E-state index is 8.49. The first-order valence-corrected chi connectivity index (χ1v) is 11.8. The number of rotatable bonds is 19. The zero-order valence-electron chi connectivity index (χ0n) is 18.8. The zero-order chi connectivity index (χ0) is 21.3. The van der Waals surface area contributed by atoms with Crippen molar-refractivity contribution < 1.29 is 9.84 Å². The van der Waals surface area contributed by atoms with Crippen LogP contribution in [0.3, 0.4) is 0 Å². The van der Waals surface area contributed by atoms with E-state index in [0.29, 0.717) is 6.61 Å². The first kappa shape index (κ1) is 27.6. The highest BCUT2D eigenvalue weighted by molar-refractivity contribution is 5.13. The smallest absolute Gasteiger partial charge is 0.0716 e. The molecule has 0 aliphatic heterocycles. The van der Waals surface area contributed by atoms with Crippen LogP contribution >= 0.6 is 0 Å². The highest BCUT2D eigenvalue weighted by atomic mass is 16.5. The Labute approximate surface area is 181 Å². The summed E-state index contributed by atoms with van der Waals surface area (Å²) in [6.07, 6.45) is 21.5. The van der Waals surface area contributed by atoms with E-state index in [1.165, 1.54) is 82.6 Å². The van der Waals surface area contributed by atoms with E-state index in [-0.39, 0.29) is 0 Å². The first-order chi connectivity index (χ1) is 14.3. The number of ether oxygens (including phenoxy) is 1. The summed E-state index contributed by atoms with van der Waals surface area (Å²) in [6.45, 7) is 9.41. The lowest BCUT2D eigenvalue weighted by atomic mass is 10.1. The fourth-order valence-corrected chi connectivity index (χ4v) is 3.07. The molecule has 1 rings (SSSR count). The summed E-state index contributed by atoms with van der Waals surface area (Å²) in [7, 11) is 0. The quantitative estimate of drug-likeness (QED) is 0.187. The van der Waals surface area contributed by atoms with Crippen LogP contribution in [0, 0.1) is 0 Å². The van der Waals surface area contributed by atoms with E-state index in [2.05, 4.69) is 37.4 Å². The van der Waals surface area contributed by atoms with Crippen LogP contribution in [-0.4, -0.2) is 18.3 Å². The molecule has 0 aliphatic rings. The van der Waals surface area contributed by atoms with Gasteiger partial charge in [-0.3, -0.25) is 0 Å². The van der Waals surface area contributed by atoms with E-state index < -0.39 is 0 Å². The van der Waals surface area contributed by atoms with Gasteiger partial charge in [0.25, 0.3) is 0 Å². The monoisotopic (exact) mass is 402 g/mol. The molecule has 1 N–H and O–H groups in total. The number of hydrogen-bond acceptors (Lipinski definition) is 2. The molecule has 0 aromatic heterocycles. The Morgan fingerprint density at radius 1 is 0.655 bits per heavy atom. The molecule has 2 heteroatoms. The van der Waals surface area contributed by atoms with E-state index in [9.17, 15) is 0 Å². The second kappa shape index (κ2) is 24.7. The normalized spacial score (nSPS) is 10.2. The Morgan fingerprint density at radius 3 is 1.66 bits per heavy atom. The van der Waals surface area contributed by atoms with Gasteiger partial charge in [0.2, 0.25) is 0 Å². The second-order valence-electron chi connectivity index (χ2n) is 7.66. The summed E-state index contributed by atoms with van der Waals surface area (Å²) in [5.41, 5.74) is 1.27. The molecular weight excluding hydrogens is 356 g/mol. The number of aliphatic hydroxyl groups excluding tert-OH is 1. The highest BCUT2D eigenvalue weighted by Gasteiger charge is 1.93. The molecule has 1 aromatic rings. The van der Waals surface area contributed by atoms with E-state index in [1.807, 2.05) is 18.2 Å². The van der Waals surface area contributed by atoms with E-state index in [4.69, 9.17) is 9.84 Å². The van der Waals surface area contributed by atoms with Crippen LogP contribution in [0.15, 0.2) is 55.6 Å². The Balaban J connectivity index is 0.000000614. The molecule has 0 spiro atoms. The third kappa shape index (κ3) is 22.8. The van der Waals surface area contributed by atoms with Crippen LogP contribution in [0.5, 0.6) is 0 Å². The minimum atomic E-state index is 0.354. The zero-order valence-corrected chi connectivity index (χ0v) is 18.8. The van der Waals surface area contributed by atoms with Gasteiger partial charge in [0, 0.05) is 13.2 Å². The lowest BCUT2D eigenvalue weighted by Gasteiger charge is -2.04. The third-order valence-electron chi connectivity index (χ3n) is 4.87. The number of hydrogen-bond donors (Lipinski definition) is 1. The van der Waals surface area contributed by atoms with Crippen LogP contribution in [0.25, 0.3) is 0 Å². The van der Waals surface area contributed by atoms with E-state index in [1.54, 1.807) is 0 Å². The van der Waals surface area contributed by atoms with Gasteiger partial charge in [-0.1, -0.05) is 93.9 Å². The van der Waals surface area contributed by atoms with Crippen molar-refractivity contribution in [3.8, 4) is 0 Å². The molecule has 1 aromatic carbocycles. The molecular formula is C27H46O2. The molecule has 0 unspecified atom stereocenters. The lowest BCUT2D eigenvalue weighted by Crippen LogP contribution is -1.95. The number of benzene rings is 1. The molecule has 0 heterocycles. The van der Waals surface area contributed by atoms with E-state index >= 15 is 0 Å². The SMILES string of the molecule is C=CCCCCCCCCO.C=CCCCCCCCCOCc1ccccc1. The lowest BCUT2D eigenvalue weighted by molar-refractivity contribution is 0.116. The van der Waals surface area contributed by atoms with Crippen molar-refractivity contribution in [3.05, 3.63) is 61.2 Å². The molecule has 0 amide bonds. The van der Waals surface area contributed by atoms with Gasteiger partial charge >= 0.3 is 0 Å². The van der Waals surface area contributed by atoms with Gasteiger partial charge in [-0.2, -0.15) is 0 Å². The van der Waals surface area contributed by atoms with Crippen LogP contribution in [-0.2, 0) is 11.3 Å². The fourth-order valence-electron chi connectivity index (χ4n) is 3.07. The minimum absolute atomic E-state index is 0.354. The number of allylic oxidation sites excluding steroid dienone is 2. The van der Waals surface area contributed by atoms with E-state index in [0.717, 1.165) is 26.1 Å². The molecule has 0 saturated heterocycles. The van der Waals surface area contributed by atoms with Crippen LogP contribution in [0.1, 0.15) is 95.5 Å². The van der Waals surface area contributed by atoms with Crippen molar-refractivity contribution in [2.75, 3.05) is 13.2 Å². The van der Waals surface area contributed by atoms with Gasteiger partial charge in [0.15, 0.2) is 0 Å². The fraction of sp³-hybridized carbons (Fsp3) is 0.630. The molecule has 29 heavy (non-hydrogen) atoms. The van der Waals surface area contributed by atoms with Crippen LogP contribution in [0.2, 0.25) is 0 Å². The Bertz CT molecular complexity index is 441. The molecule has 166 valence electrons. The summed E-state index contributed by atoms with van der Waals surface area (Å²) < 4.78 is 5.65. The second-order valence-corrected chi connectivity index (χ2v) is 7.66. The van der Waals surface area contributed by atoms with Crippen molar-refractivity contribution in [2.24, 2.45) is 0 Å². The summed E-state index contributed by atoms with van der Waals surface area (Å²) in [5.74, 6) is 0. The van der Waals surface area contributed by atoms with Gasteiger partial charge in [-0.15, -0.1) is 13.2 Å². The molecule has 0 radical (unpaired) electrons. The standard InChI is InChI=1S/C17H26O.C10H20O/c1-2-3-4-5-6-7-8-12-15-18-16-17-13-10-9-11-14-17;1-2-3-4-5-6-7-8-9-10-11/h2,9-11,13-14H,1,3-8,12,15-16H2;2,11H,1,3-10H2. The van der Waals surface area contributed by atoms with Crippen LogP contribution < -0.4 is 0 Å². The number of unbranched alkanes of at least 4 members (excludes halogenated alkanes) is 12. The van der Waals surface area contributed by atoms with Gasteiger partial charge in [-0.05, 0) is 44.1 Å². The van der Waals surface area contributed by atoms with Gasteiger partial charge in [0.05, 0.1) is 6.61 Å². The predicted octanol–water partition coefficient (Wildman–Crippen LogP) is 8.02. The maximum atomic E-state index is 8.49. The Kier molecular flexibility index (Phi) is 23.5. The maximum Gasteiger partial charge on any atom is 0.0716 e. The first-order valence-electron chi connectivity index (χ1n) is 11.8. The molecule has 0 aliphatic carbocycles. The van der Waals surface area contributed by atoms with Crippen molar-refractivity contribution in [1.29, 1.82) is 0 Å². The van der Waals surface area contributed by atoms with Gasteiger partial charge in [-0.25, -0.2) is 0 Å². The summed E-state index contributed by atoms with van der Waals surface area (Å²) in [5, 5.41) is 8.49. The molecule has 0 atom stereocenters. The summed E-state index contributed by atoms with van der Waals surface area (Å²) >= 11 is 0. The molecule has 0 bridgehead atoms. The molecule has 0 fully saturated rings. The predicted molar refractivity (Wildman–Crippen MR) is 128 cm³/mol. The average Bonchev–Trinajstić information content (AvgIpc) is 2.76. The van der Waals surface area contributed by atoms with Crippen molar-refractivity contribution in [1.82, 2.24) is 0 Å².